The van der Waals surface area contributed by atoms with Gasteiger partial charge in [-0.05, 0) is 42.4 Å². The summed E-state index contributed by atoms with van der Waals surface area (Å²) in [5.41, 5.74) is 10.4. The predicted octanol–water partition coefficient (Wildman–Crippen LogP) is 4.27. The molecular weight excluding hydrogens is 230 g/mol. The van der Waals surface area contributed by atoms with Crippen molar-refractivity contribution in [2.75, 3.05) is 0 Å². The standard InChI is InChI=1S/C18H23N/c1-2-16-12-6-7-13-17(16)18(19)14-8-11-15-9-4-3-5-10-15/h3-7,9-10,12-13,18H,2,8,11,14,19H2,1H3. The fourth-order valence-electron chi connectivity index (χ4n) is 2.54. The van der Waals surface area contributed by atoms with Crippen LogP contribution in [0.5, 0.6) is 0 Å². The Hall–Kier alpha value is -1.60. The molecule has 2 N–H and O–H groups in total. The lowest BCUT2D eigenvalue weighted by Crippen LogP contribution is -2.12. The summed E-state index contributed by atoms with van der Waals surface area (Å²) >= 11 is 0. The van der Waals surface area contributed by atoms with Crippen molar-refractivity contribution in [3.8, 4) is 0 Å². The molecule has 1 atom stereocenters. The zero-order valence-corrected chi connectivity index (χ0v) is 11.7. The van der Waals surface area contributed by atoms with Crippen LogP contribution in [0.4, 0.5) is 0 Å². The molecule has 19 heavy (non-hydrogen) atoms. The SMILES string of the molecule is CCc1ccccc1C(N)CCCc1ccccc1. The third-order valence-corrected chi connectivity index (χ3v) is 3.66. The maximum absolute atomic E-state index is 6.34. The van der Waals surface area contributed by atoms with Crippen LogP contribution in [0.2, 0.25) is 0 Å². The topological polar surface area (TPSA) is 26.0 Å². The Kier molecular flexibility index (Phi) is 5.17. The van der Waals surface area contributed by atoms with Crippen LogP contribution >= 0.6 is 0 Å². The Morgan fingerprint density at radius 2 is 1.63 bits per heavy atom. The third kappa shape index (κ3) is 3.93. The molecule has 0 aromatic heterocycles. The van der Waals surface area contributed by atoms with Gasteiger partial charge in [-0.2, -0.15) is 0 Å². The van der Waals surface area contributed by atoms with Gasteiger partial charge < -0.3 is 5.73 Å². The van der Waals surface area contributed by atoms with Crippen LogP contribution in [0, 0.1) is 0 Å². The highest BCUT2D eigenvalue weighted by Crippen LogP contribution is 2.21. The van der Waals surface area contributed by atoms with E-state index in [4.69, 9.17) is 5.73 Å². The first kappa shape index (κ1) is 13.8. The zero-order valence-electron chi connectivity index (χ0n) is 11.7. The van der Waals surface area contributed by atoms with Crippen LogP contribution < -0.4 is 5.73 Å². The van der Waals surface area contributed by atoms with Crippen molar-refractivity contribution in [2.45, 2.75) is 38.6 Å². The molecule has 0 aliphatic heterocycles. The van der Waals surface area contributed by atoms with Crippen LogP contribution in [0.15, 0.2) is 54.6 Å². The minimum absolute atomic E-state index is 0.167. The summed E-state index contributed by atoms with van der Waals surface area (Å²) in [6.07, 6.45) is 4.36. The molecule has 1 unspecified atom stereocenters. The normalized spacial score (nSPS) is 12.3. The molecule has 0 spiro atoms. The molecule has 2 aromatic rings. The van der Waals surface area contributed by atoms with E-state index in [-0.39, 0.29) is 6.04 Å². The summed E-state index contributed by atoms with van der Waals surface area (Å²) in [6.45, 7) is 2.19. The number of nitrogens with two attached hydrogens (primary N) is 1. The molecule has 0 heterocycles. The van der Waals surface area contributed by atoms with E-state index in [2.05, 4.69) is 61.5 Å². The largest absolute Gasteiger partial charge is 0.324 e. The second-order valence-corrected chi connectivity index (χ2v) is 5.04. The lowest BCUT2D eigenvalue weighted by Gasteiger charge is -2.15. The maximum Gasteiger partial charge on any atom is 0.0297 e. The molecule has 0 aliphatic carbocycles. The van der Waals surface area contributed by atoms with Crippen LogP contribution in [0.3, 0.4) is 0 Å². The van der Waals surface area contributed by atoms with Crippen molar-refractivity contribution in [2.24, 2.45) is 5.73 Å². The van der Waals surface area contributed by atoms with Gasteiger partial charge in [0.15, 0.2) is 0 Å². The smallest absolute Gasteiger partial charge is 0.0297 e. The Morgan fingerprint density at radius 3 is 2.37 bits per heavy atom. The summed E-state index contributed by atoms with van der Waals surface area (Å²) in [6, 6.07) is 19.3. The highest BCUT2D eigenvalue weighted by atomic mass is 14.6. The zero-order chi connectivity index (χ0) is 13.5. The Morgan fingerprint density at radius 1 is 0.947 bits per heavy atom. The average molecular weight is 253 g/mol. The third-order valence-electron chi connectivity index (χ3n) is 3.66. The van der Waals surface area contributed by atoms with Crippen LogP contribution in [0.1, 0.15) is 42.5 Å². The predicted molar refractivity (Wildman–Crippen MR) is 82.1 cm³/mol. The van der Waals surface area contributed by atoms with E-state index in [1.54, 1.807) is 0 Å². The summed E-state index contributed by atoms with van der Waals surface area (Å²) in [7, 11) is 0. The van der Waals surface area contributed by atoms with Gasteiger partial charge in [0.2, 0.25) is 0 Å². The number of rotatable bonds is 6. The van der Waals surface area contributed by atoms with Crippen molar-refractivity contribution in [3.63, 3.8) is 0 Å². The fourth-order valence-corrected chi connectivity index (χ4v) is 2.54. The summed E-state index contributed by atoms with van der Waals surface area (Å²) in [5, 5.41) is 0. The molecule has 0 aliphatic rings. The number of hydrogen-bond acceptors (Lipinski definition) is 1. The molecule has 2 rings (SSSR count). The lowest BCUT2D eigenvalue weighted by atomic mass is 9.95. The van der Waals surface area contributed by atoms with Crippen LogP contribution in [-0.2, 0) is 12.8 Å². The van der Waals surface area contributed by atoms with Crippen molar-refractivity contribution < 1.29 is 0 Å². The van der Waals surface area contributed by atoms with Crippen molar-refractivity contribution in [1.29, 1.82) is 0 Å². The van der Waals surface area contributed by atoms with Gasteiger partial charge in [0, 0.05) is 6.04 Å². The highest BCUT2D eigenvalue weighted by molar-refractivity contribution is 5.29. The molecule has 0 fully saturated rings. The molecule has 0 saturated heterocycles. The first-order valence-corrected chi connectivity index (χ1v) is 7.18. The minimum atomic E-state index is 0.167. The summed E-state index contributed by atoms with van der Waals surface area (Å²) in [4.78, 5) is 0. The van der Waals surface area contributed by atoms with Gasteiger partial charge in [-0.1, -0.05) is 61.5 Å². The first-order chi connectivity index (χ1) is 9.31. The molecule has 1 heteroatoms. The van der Waals surface area contributed by atoms with Gasteiger partial charge in [0.1, 0.15) is 0 Å². The molecule has 2 aromatic carbocycles. The van der Waals surface area contributed by atoms with Gasteiger partial charge in [0.05, 0.1) is 0 Å². The first-order valence-electron chi connectivity index (χ1n) is 7.18. The van der Waals surface area contributed by atoms with E-state index >= 15 is 0 Å². The molecule has 0 saturated carbocycles. The lowest BCUT2D eigenvalue weighted by molar-refractivity contribution is 0.607. The molecule has 0 bridgehead atoms. The van der Waals surface area contributed by atoms with Gasteiger partial charge in [0.25, 0.3) is 0 Å². The molecular formula is C18H23N. The maximum atomic E-state index is 6.34. The molecule has 0 amide bonds. The Balaban J connectivity index is 1.89. The summed E-state index contributed by atoms with van der Waals surface area (Å²) < 4.78 is 0. The van der Waals surface area contributed by atoms with Crippen LogP contribution in [-0.4, -0.2) is 0 Å². The number of aryl methyl sites for hydroxylation is 2. The van der Waals surface area contributed by atoms with Crippen molar-refractivity contribution >= 4 is 0 Å². The van der Waals surface area contributed by atoms with Crippen LogP contribution in [0.25, 0.3) is 0 Å². The Bertz CT molecular complexity index is 490. The Labute approximate surface area is 116 Å². The number of benzene rings is 2. The fraction of sp³-hybridized carbons (Fsp3) is 0.333. The van der Waals surface area contributed by atoms with E-state index in [0.717, 1.165) is 25.7 Å². The summed E-state index contributed by atoms with van der Waals surface area (Å²) in [5.74, 6) is 0. The van der Waals surface area contributed by atoms with E-state index in [0.29, 0.717) is 0 Å². The second-order valence-electron chi connectivity index (χ2n) is 5.04. The minimum Gasteiger partial charge on any atom is -0.324 e. The average Bonchev–Trinajstić information content (AvgIpc) is 2.48. The highest BCUT2D eigenvalue weighted by Gasteiger charge is 2.09. The van der Waals surface area contributed by atoms with Crippen molar-refractivity contribution in [1.82, 2.24) is 0 Å². The van der Waals surface area contributed by atoms with Gasteiger partial charge in [-0.3, -0.25) is 0 Å². The van der Waals surface area contributed by atoms with Gasteiger partial charge >= 0.3 is 0 Å². The monoisotopic (exact) mass is 253 g/mol. The number of hydrogen-bond donors (Lipinski definition) is 1. The molecule has 1 nitrogen and oxygen atoms in total. The van der Waals surface area contributed by atoms with Gasteiger partial charge in [-0.25, -0.2) is 0 Å². The van der Waals surface area contributed by atoms with E-state index < -0.39 is 0 Å². The van der Waals surface area contributed by atoms with E-state index in [1.807, 2.05) is 0 Å². The quantitative estimate of drug-likeness (QED) is 0.817. The molecule has 0 radical (unpaired) electrons. The van der Waals surface area contributed by atoms with Gasteiger partial charge in [-0.15, -0.1) is 0 Å². The second kappa shape index (κ2) is 7.10. The van der Waals surface area contributed by atoms with E-state index in [1.165, 1.54) is 16.7 Å². The van der Waals surface area contributed by atoms with E-state index in [9.17, 15) is 0 Å². The van der Waals surface area contributed by atoms with Crippen molar-refractivity contribution in [3.05, 3.63) is 71.3 Å². The molecule has 100 valence electrons.